The average molecular weight is 465 g/mol. The molecule has 0 aromatic heterocycles. The molecule has 0 bridgehead atoms. The van der Waals surface area contributed by atoms with Crippen LogP contribution in [0.3, 0.4) is 0 Å². The van der Waals surface area contributed by atoms with Crippen LogP contribution in [-0.4, -0.2) is 38.3 Å². The van der Waals surface area contributed by atoms with Crippen LogP contribution in [0.5, 0.6) is 0 Å². The summed E-state index contributed by atoms with van der Waals surface area (Å²) in [5.74, 6) is -0.451. The highest BCUT2D eigenvalue weighted by molar-refractivity contribution is 7.99. The molecule has 2 aromatic rings. The lowest BCUT2D eigenvalue weighted by Gasteiger charge is -2.16. The third-order valence-electron chi connectivity index (χ3n) is 3.67. The normalized spacial score (nSPS) is 10.8. The number of anilines is 2. The molecule has 0 aliphatic rings. The summed E-state index contributed by atoms with van der Waals surface area (Å²) < 4.78 is 9.03. The van der Waals surface area contributed by atoms with Crippen LogP contribution >= 0.6 is 23.4 Å². The molecule has 0 fully saturated rings. The van der Waals surface area contributed by atoms with Crippen LogP contribution in [0, 0.1) is 0 Å². The van der Waals surface area contributed by atoms with Gasteiger partial charge in [0.05, 0.1) is 25.6 Å². The van der Waals surface area contributed by atoms with E-state index in [0.29, 0.717) is 16.4 Å². The van der Waals surface area contributed by atoms with Crippen molar-refractivity contribution in [1.29, 1.82) is 0 Å². The Morgan fingerprint density at radius 1 is 0.968 bits per heavy atom. The van der Waals surface area contributed by atoms with Gasteiger partial charge in [-0.15, -0.1) is 4.99 Å². The number of hydrogen-bond donors (Lipinski definition) is 3. The van der Waals surface area contributed by atoms with Crippen molar-refractivity contribution < 1.29 is 23.9 Å². The fourth-order valence-electron chi connectivity index (χ4n) is 2.18. The third-order valence-corrected chi connectivity index (χ3v) is 4.92. The summed E-state index contributed by atoms with van der Waals surface area (Å²) in [7, 11) is 2.32. The van der Waals surface area contributed by atoms with Crippen molar-refractivity contribution in [3.05, 3.63) is 47.5 Å². The van der Waals surface area contributed by atoms with Crippen molar-refractivity contribution in [3.63, 3.8) is 0 Å². The highest BCUT2D eigenvalue weighted by Crippen LogP contribution is 2.33. The molecule has 31 heavy (non-hydrogen) atoms. The zero-order valence-electron chi connectivity index (χ0n) is 17.0. The van der Waals surface area contributed by atoms with E-state index in [1.807, 2.05) is 12.1 Å². The molecular weight excluding hydrogens is 444 g/mol. The molecule has 3 amide bonds. The van der Waals surface area contributed by atoms with Crippen LogP contribution in [0.4, 0.5) is 21.0 Å². The first kappa shape index (κ1) is 24.0. The van der Waals surface area contributed by atoms with Gasteiger partial charge in [-0.05, 0) is 42.5 Å². The van der Waals surface area contributed by atoms with Gasteiger partial charge in [-0.2, -0.15) is 0 Å². The number of alkyl carbamates (subject to hydrolysis) is 1. The number of carbonyl (C=O) groups excluding carboxylic acids is 3. The van der Waals surface area contributed by atoms with Crippen LogP contribution in [0.1, 0.15) is 13.3 Å². The van der Waals surface area contributed by atoms with E-state index in [0.717, 1.165) is 16.9 Å². The zero-order valence-corrected chi connectivity index (χ0v) is 18.6. The summed E-state index contributed by atoms with van der Waals surface area (Å²) in [6.45, 7) is 1.72. The standard InChI is InChI=1S/C20H21ClN4O5S/c1-4-17(26)22-16-11-14(31-13-7-5-12(21)6-8-13)9-10-15(16)23-18(24-19(27)29-2)25-20(28)30-3/h5-11H,4H2,1-3H3,(H,22,26)(H2,23,24,25,27,28). The topological polar surface area (TPSA) is 118 Å². The third kappa shape index (κ3) is 7.83. The second-order valence-electron chi connectivity index (χ2n) is 5.84. The summed E-state index contributed by atoms with van der Waals surface area (Å²) in [6.07, 6.45) is -1.52. The number of nitrogens with one attached hydrogen (secondary N) is 3. The fraction of sp³-hybridized carbons (Fsp3) is 0.200. The van der Waals surface area contributed by atoms with E-state index < -0.39 is 12.2 Å². The van der Waals surface area contributed by atoms with Gasteiger partial charge < -0.3 is 20.1 Å². The number of nitrogens with zero attached hydrogens (tertiary/aromatic N) is 1. The Labute approximate surface area is 188 Å². The number of halogens is 1. The van der Waals surface area contributed by atoms with Gasteiger partial charge in [-0.3, -0.25) is 10.1 Å². The quantitative estimate of drug-likeness (QED) is 0.432. The van der Waals surface area contributed by atoms with E-state index in [4.69, 9.17) is 11.6 Å². The van der Waals surface area contributed by atoms with Gasteiger partial charge in [0, 0.05) is 21.2 Å². The lowest BCUT2D eigenvalue weighted by atomic mass is 10.2. The van der Waals surface area contributed by atoms with E-state index in [2.05, 4.69) is 30.4 Å². The van der Waals surface area contributed by atoms with Crippen molar-refractivity contribution in [3.8, 4) is 0 Å². The number of benzene rings is 2. The molecule has 0 aliphatic heterocycles. The second kappa shape index (κ2) is 11.8. The molecule has 0 aliphatic carbocycles. The van der Waals surface area contributed by atoms with Crippen molar-refractivity contribution >= 4 is 58.8 Å². The largest absolute Gasteiger partial charge is 0.453 e. The van der Waals surface area contributed by atoms with Crippen molar-refractivity contribution in [2.75, 3.05) is 24.9 Å². The summed E-state index contributed by atoms with van der Waals surface area (Å²) in [5, 5.41) is 8.50. The number of ether oxygens (including phenoxy) is 2. The molecular formula is C20H21ClN4O5S. The van der Waals surface area contributed by atoms with Crippen LogP contribution in [-0.2, 0) is 14.3 Å². The van der Waals surface area contributed by atoms with Gasteiger partial charge in [0.1, 0.15) is 0 Å². The SMILES string of the molecule is CCC(=O)Nc1cc(Sc2ccc(Cl)cc2)ccc1NC(=NC(=O)OC)NC(=O)OC. The van der Waals surface area contributed by atoms with Gasteiger partial charge in [0.25, 0.3) is 0 Å². The highest BCUT2D eigenvalue weighted by Gasteiger charge is 2.14. The first-order valence-corrected chi connectivity index (χ1v) is 10.2. The Morgan fingerprint density at radius 2 is 1.65 bits per heavy atom. The number of methoxy groups -OCH3 is 2. The molecule has 0 unspecified atom stereocenters. The molecule has 0 radical (unpaired) electrons. The Bertz CT molecular complexity index is 982. The fourth-order valence-corrected chi connectivity index (χ4v) is 3.16. The second-order valence-corrected chi connectivity index (χ2v) is 7.42. The van der Waals surface area contributed by atoms with Gasteiger partial charge >= 0.3 is 12.2 Å². The average Bonchev–Trinajstić information content (AvgIpc) is 2.76. The van der Waals surface area contributed by atoms with E-state index in [1.54, 1.807) is 37.3 Å². The zero-order chi connectivity index (χ0) is 22.8. The molecule has 0 atom stereocenters. The lowest BCUT2D eigenvalue weighted by molar-refractivity contribution is -0.115. The molecule has 2 aromatic carbocycles. The minimum Gasteiger partial charge on any atom is -0.453 e. The molecule has 0 spiro atoms. The summed E-state index contributed by atoms with van der Waals surface area (Å²) >= 11 is 7.40. The van der Waals surface area contributed by atoms with Gasteiger partial charge in [0.2, 0.25) is 11.9 Å². The van der Waals surface area contributed by atoms with Gasteiger partial charge in [-0.25, -0.2) is 9.59 Å². The number of rotatable bonds is 5. The van der Waals surface area contributed by atoms with Crippen molar-refractivity contribution in [1.82, 2.24) is 5.32 Å². The molecule has 0 saturated heterocycles. The van der Waals surface area contributed by atoms with Gasteiger partial charge in [0.15, 0.2) is 0 Å². The van der Waals surface area contributed by atoms with Crippen LogP contribution in [0.25, 0.3) is 0 Å². The maximum atomic E-state index is 12.0. The molecule has 11 heteroatoms. The maximum Gasteiger partial charge on any atom is 0.436 e. The number of aliphatic imine (C=N–C) groups is 1. The lowest BCUT2D eigenvalue weighted by Crippen LogP contribution is -2.36. The number of amides is 3. The van der Waals surface area contributed by atoms with Crippen molar-refractivity contribution in [2.24, 2.45) is 4.99 Å². The van der Waals surface area contributed by atoms with E-state index in [-0.39, 0.29) is 18.3 Å². The Hall–Kier alpha value is -3.24. The van der Waals surface area contributed by atoms with E-state index >= 15 is 0 Å². The number of guanidine groups is 1. The Balaban J connectivity index is 2.35. The summed E-state index contributed by atoms with van der Waals surface area (Å²) in [5.41, 5.74) is 0.816. The van der Waals surface area contributed by atoms with Crippen LogP contribution in [0.2, 0.25) is 5.02 Å². The molecule has 9 nitrogen and oxygen atoms in total. The minimum atomic E-state index is -0.937. The van der Waals surface area contributed by atoms with Crippen LogP contribution < -0.4 is 16.0 Å². The summed E-state index contributed by atoms with van der Waals surface area (Å²) in [6, 6.07) is 12.6. The molecule has 0 heterocycles. The predicted molar refractivity (Wildman–Crippen MR) is 120 cm³/mol. The monoisotopic (exact) mass is 464 g/mol. The smallest absolute Gasteiger partial charge is 0.436 e. The molecule has 2 rings (SSSR count). The van der Waals surface area contributed by atoms with Gasteiger partial charge in [-0.1, -0.05) is 30.3 Å². The summed E-state index contributed by atoms with van der Waals surface area (Å²) in [4.78, 5) is 40.6. The number of carbonyl (C=O) groups is 3. The van der Waals surface area contributed by atoms with Crippen LogP contribution in [0.15, 0.2) is 57.2 Å². The van der Waals surface area contributed by atoms with E-state index in [1.165, 1.54) is 18.9 Å². The predicted octanol–water partition coefficient (Wildman–Crippen LogP) is 4.73. The Kier molecular flexibility index (Phi) is 9.16. The van der Waals surface area contributed by atoms with Crippen molar-refractivity contribution in [2.45, 2.75) is 23.1 Å². The minimum absolute atomic E-state index is 0.218. The molecule has 164 valence electrons. The molecule has 3 N–H and O–H groups in total. The molecule has 0 saturated carbocycles. The number of hydrogen-bond acceptors (Lipinski definition) is 6. The maximum absolute atomic E-state index is 12.0. The Morgan fingerprint density at radius 3 is 2.26 bits per heavy atom. The first-order valence-electron chi connectivity index (χ1n) is 9.00. The highest BCUT2D eigenvalue weighted by atomic mass is 35.5. The van der Waals surface area contributed by atoms with E-state index in [9.17, 15) is 14.4 Å². The first-order chi connectivity index (χ1) is 14.8.